The molecule has 0 aliphatic heterocycles. The van der Waals surface area contributed by atoms with Gasteiger partial charge in [0.25, 0.3) is 0 Å². The number of nitrogens with two attached hydrogens (primary N) is 1. The first-order valence-electron chi connectivity index (χ1n) is 9.17. The predicted molar refractivity (Wildman–Crippen MR) is 113 cm³/mol. The molecule has 3 rings (SSSR count). The number of hydrogen-bond acceptors (Lipinski definition) is 7. The Morgan fingerprint density at radius 3 is 2.55 bits per heavy atom. The van der Waals surface area contributed by atoms with Gasteiger partial charge in [0.2, 0.25) is 11.8 Å². The molecular weight excluding hydrogens is 368 g/mol. The molecule has 0 fully saturated rings. The van der Waals surface area contributed by atoms with Gasteiger partial charge in [0.05, 0.1) is 18.1 Å². The molecule has 2 aromatic heterocycles. The molecule has 0 saturated carbocycles. The van der Waals surface area contributed by atoms with Gasteiger partial charge < -0.3 is 20.3 Å². The molecule has 2 heterocycles. The van der Waals surface area contributed by atoms with Crippen molar-refractivity contribution in [2.75, 3.05) is 37.8 Å². The van der Waals surface area contributed by atoms with Crippen LogP contribution in [0.5, 0.6) is 11.6 Å². The Hall–Kier alpha value is -3.68. The van der Waals surface area contributed by atoms with E-state index < -0.39 is 0 Å². The lowest BCUT2D eigenvalue weighted by molar-refractivity contribution is -0.127. The first-order valence-corrected chi connectivity index (χ1v) is 9.17. The number of likely N-dealkylation sites (N-methyl/N-ethyl adjacent to an activating group) is 2. The van der Waals surface area contributed by atoms with Crippen LogP contribution >= 0.6 is 0 Å². The maximum absolute atomic E-state index is 11.3. The van der Waals surface area contributed by atoms with E-state index in [1.165, 1.54) is 0 Å². The molecule has 0 radical (unpaired) electrons. The number of carbonyl (C=O) groups excluding carboxylic acids is 1. The highest BCUT2D eigenvalue weighted by molar-refractivity contribution is 5.72. The zero-order valence-electron chi connectivity index (χ0n) is 16.7. The Morgan fingerprint density at radius 1 is 1.10 bits per heavy atom. The van der Waals surface area contributed by atoms with Gasteiger partial charge in [-0.3, -0.25) is 14.8 Å². The molecule has 1 aromatic carbocycles. The third-order valence-electron chi connectivity index (χ3n) is 4.46. The summed E-state index contributed by atoms with van der Waals surface area (Å²) in [6.07, 6.45) is 4.91. The number of nitrogen functional groups attached to an aromatic ring is 1. The largest absolute Gasteiger partial charge is 0.437 e. The monoisotopic (exact) mass is 392 g/mol. The van der Waals surface area contributed by atoms with Crippen molar-refractivity contribution < 1.29 is 9.53 Å². The summed E-state index contributed by atoms with van der Waals surface area (Å²) in [6.45, 7) is 2.77. The Bertz CT molecular complexity index is 977. The molecule has 0 aliphatic carbocycles. The van der Waals surface area contributed by atoms with E-state index >= 15 is 0 Å². The number of carbonyl (C=O) groups is 1. The van der Waals surface area contributed by atoms with Gasteiger partial charge in [0.15, 0.2) is 5.82 Å². The first-order chi connectivity index (χ1) is 13.9. The molecule has 0 spiro atoms. The third-order valence-corrected chi connectivity index (χ3v) is 4.46. The van der Waals surface area contributed by atoms with Crippen LogP contribution in [0.1, 0.15) is 6.92 Å². The molecule has 0 saturated heterocycles. The van der Waals surface area contributed by atoms with Gasteiger partial charge in [-0.25, -0.2) is 0 Å². The lowest BCUT2D eigenvalue weighted by Crippen LogP contribution is -2.33. The zero-order valence-corrected chi connectivity index (χ0v) is 16.7. The second kappa shape index (κ2) is 9.01. The summed E-state index contributed by atoms with van der Waals surface area (Å²) in [7, 11) is 3.67. The van der Waals surface area contributed by atoms with Gasteiger partial charge in [0, 0.05) is 51.6 Å². The summed E-state index contributed by atoms with van der Waals surface area (Å²) >= 11 is 0. The van der Waals surface area contributed by atoms with Crippen molar-refractivity contribution in [1.82, 2.24) is 19.9 Å². The number of benzene rings is 1. The van der Waals surface area contributed by atoms with Crippen LogP contribution in [-0.4, -0.2) is 52.9 Å². The fraction of sp³-hybridized carbons (Fsp3) is 0.238. The molecule has 29 heavy (non-hydrogen) atoms. The molecule has 8 nitrogen and oxygen atoms in total. The van der Waals surface area contributed by atoms with Crippen LogP contribution in [0.25, 0.3) is 11.3 Å². The van der Waals surface area contributed by atoms with E-state index in [-0.39, 0.29) is 5.91 Å². The van der Waals surface area contributed by atoms with Crippen molar-refractivity contribution in [2.45, 2.75) is 6.92 Å². The molecule has 2 N–H and O–H groups in total. The number of pyridine rings is 1. The standard InChI is InChI=1S/C21H24N6O2/c1-15(28)26(2)10-11-27(3)20-13-23-14-21(25-20)29-18-6-4-16(5-7-18)19-12-17(22)8-9-24-19/h4-9,12-14H,10-11H2,1-3H3,(H2,22,24). The first kappa shape index (κ1) is 20.1. The quantitative estimate of drug-likeness (QED) is 0.660. The fourth-order valence-corrected chi connectivity index (χ4v) is 2.56. The van der Waals surface area contributed by atoms with Crippen LogP contribution in [0.4, 0.5) is 11.5 Å². The van der Waals surface area contributed by atoms with Crippen LogP contribution in [-0.2, 0) is 4.79 Å². The second-order valence-corrected chi connectivity index (χ2v) is 6.68. The van der Waals surface area contributed by atoms with Gasteiger partial charge in [0.1, 0.15) is 5.75 Å². The molecular formula is C21H24N6O2. The van der Waals surface area contributed by atoms with Crippen LogP contribution in [0.2, 0.25) is 0 Å². The Morgan fingerprint density at radius 2 is 1.86 bits per heavy atom. The van der Waals surface area contributed by atoms with Gasteiger partial charge in [-0.05, 0) is 36.4 Å². The highest BCUT2D eigenvalue weighted by atomic mass is 16.5. The van der Waals surface area contributed by atoms with E-state index in [0.29, 0.717) is 36.2 Å². The van der Waals surface area contributed by atoms with Gasteiger partial charge in [-0.15, -0.1) is 0 Å². The average molecular weight is 392 g/mol. The molecule has 3 aromatic rings. The molecule has 0 aliphatic rings. The summed E-state index contributed by atoms with van der Waals surface area (Å²) < 4.78 is 5.84. The number of anilines is 2. The van der Waals surface area contributed by atoms with Crippen LogP contribution in [0, 0.1) is 0 Å². The highest BCUT2D eigenvalue weighted by Crippen LogP contribution is 2.25. The molecule has 0 bridgehead atoms. The molecule has 150 valence electrons. The van der Waals surface area contributed by atoms with Crippen molar-refractivity contribution in [1.29, 1.82) is 0 Å². The van der Waals surface area contributed by atoms with E-state index in [4.69, 9.17) is 10.5 Å². The predicted octanol–water partition coefficient (Wildman–Crippen LogP) is 2.83. The molecule has 0 unspecified atom stereocenters. The van der Waals surface area contributed by atoms with E-state index in [0.717, 1.165) is 11.3 Å². The lowest BCUT2D eigenvalue weighted by Gasteiger charge is -2.22. The van der Waals surface area contributed by atoms with E-state index in [2.05, 4.69) is 15.0 Å². The molecule has 1 amide bonds. The summed E-state index contributed by atoms with van der Waals surface area (Å²) in [5.74, 6) is 1.73. The highest BCUT2D eigenvalue weighted by Gasteiger charge is 2.09. The number of rotatable bonds is 7. The Balaban J connectivity index is 1.66. The summed E-state index contributed by atoms with van der Waals surface area (Å²) in [5.41, 5.74) is 8.23. The van der Waals surface area contributed by atoms with Gasteiger partial charge >= 0.3 is 0 Å². The number of ether oxygens (including phenoxy) is 1. The van der Waals surface area contributed by atoms with E-state index in [1.807, 2.05) is 42.3 Å². The summed E-state index contributed by atoms with van der Waals surface area (Å²) in [5, 5.41) is 0. The normalized spacial score (nSPS) is 10.4. The Labute approximate surface area is 170 Å². The fourth-order valence-electron chi connectivity index (χ4n) is 2.56. The minimum atomic E-state index is 0.0263. The van der Waals surface area contributed by atoms with Crippen LogP contribution in [0.15, 0.2) is 55.0 Å². The third kappa shape index (κ3) is 5.41. The number of aromatic nitrogens is 3. The number of hydrogen-bond donors (Lipinski definition) is 1. The van der Waals surface area contributed by atoms with Gasteiger partial charge in [-0.1, -0.05) is 0 Å². The maximum atomic E-state index is 11.3. The van der Waals surface area contributed by atoms with Crippen molar-refractivity contribution >= 4 is 17.4 Å². The van der Waals surface area contributed by atoms with Crippen molar-refractivity contribution in [3.8, 4) is 22.9 Å². The summed E-state index contributed by atoms with van der Waals surface area (Å²) in [4.78, 5) is 27.9. The SMILES string of the molecule is CC(=O)N(C)CCN(C)c1cncc(Oc2ccc(-c3cc(N)ccn3)cc2)n1. The van der Waals surface area contributed by atoms with Crippen LogP contribution < -0.4 is 15.4 Å². The van der Waals surface area contributed by atoms with Crippen molar-refractivity contribution in [3.63, 3.8) is 0 Å². The van der Waals surface area contributed by atoms with Crippen molar-refractivity contribution in [2.24, 2.45) is 0 Å². The topological polar surface area (TPSA) is 97.5 Å². The smallest absolute Gasteiger partial charge is 0.239 e. The van der Waals surface area contributed by atoms with E-state index in [9.17, 15) is 4.79 Å². The second-order valence-electron chi connectivity index (χ2n) is 6.68. The van der Waals surface area contributed by atoms with Crippen molar-refractivity contribution in [3.05, 3.63) is 55.0 Å². The summed E-state index contributed by atoms with van der Waals surface area (Å²) in [6, 6.07) is 11.1. The maximum Gasteiger partial charge on any atom is 0.239 e. The lowest BCUT2D eigenvalue weighted by atomic mass is 10.1. The molecule has 0 atom stereocenters. The van der Waals surface area contributed by atoms with Gasteiger partial charge in [-0.2, -0.15) is 4.98 Å². The van der Waals surface area contributed by atoms with Crippen LogP contribution in [0.3, 0.4) is 0 Å². The molecule has 8 heteroatoms. The van der Waals surface area contributed by atoms with E-state index in [1.54, 1.807) is 43.5 Å². The zero-order chi connectivity index (χ0) is 20.8. The Kier molecular flexibility index (Phi) is 6.23. The minimum absolute atomic E-state index is 0.0263. The number of nitrogens with zero attached hydrogens (tertiary/aromatic N) is 5. The minimum Gasteiger partial charge on any atom is -0.437 e. The average Bonchev–Trinajstić information content (AvgIpc) is 2.72. The number of amides is 1.